The number of nitrogens with two attached hydrogens (primary N) is 1. The van der Waals surface area contributed by atoms with Gasteiger partial charge in [-0.15, -0.1) is 10.2 Å². The molecule has 8 heteroatoms. The number of fused-ring (bicyclic) bond motifs is 1. The van der Waals surface area contributed by atoms with Gasteiger partial charge in [0.15, 0.2) is 23.1 Å². The Labute approximate surface area is 158 Å². The molecule has 3 rings (SSSR count). The Morgan fingerprint density at radius 1 is 1.11 bits per heavy atom. The molecule has 0 unspecified atom stereocenters. The van der Waals surface area contributed by atoms with Crippen molar-refractivity contribution in [1.29, 1.82) is 0 Å². The monoisotopic (exact) mass is 368 g/mol. The van der Waals surface area contributed by atoms with Gasteiger partial charge in [-0.25, -0.2) is 0 Å². The van der Waals surface area contributed by atoms with Crippen LogP contribution in [0.4, 0.5) is 0 Å². The summed E-state index contributed by atoms with van der Waals surface area (Å²) >= 11 is 0. The fourth-order valence-electron chi connectivity index (χ4n) is 2.76. The van der Waals surface area contributed by atoms with Gasteiger partial charge in [0.25, 0.3) is 0 Å². The second-order valence-corrected chi connectivity index (χ2v) is 5.93. The van der Waals surface area contributed by atoms with Gasteiger partial charge in [-0.3, -0.25) is 9.39 Å². The number of aliphatic imine (C=N–C) groups is 1. The predicted molar refractivity (Wildman–Crippen MR) is 104 cm³/mol. The minimum atomic E-state index is 0.421. The molecule has 0 atom stereocenters. The molecule has 0 spiro atoms. The summed E-state index contributed by atoms with van der Waals surface area (Å²) in [5.74, 6) is 2.73. The van der Waals surface area contributed by atoms with E-state index in [1.165, 1.54) is 0 Å². The average Bonchev–Trinajstić information content (AvgIpc) is 3.11. The highest BCUT2D eigenvalue weighted by molar-refractivity contribution is 5.77. The summed E-state index contributed by atoms with van der Waals surface area (Å²) in [7, 11) is 3.25. The molecule has 3 aromatic rings. The lowest BCUT2D eigenvalue weighted by atomic mass is 10.1. The van der Waals surface area contributed by atoms with Crippen LogP contribution in [-0.2, 0) is 12.8 Å². The summed E-state index contributed by atoms with van der Waals surface area (Å²) in [6.07, 6.45) is 3.41. The third-order valence-corrected chi connectivity index (χ3v) is 4.17. The number of nitrogens with one attached hydrogen (secondary N) is 1. The summed E-state index contributed by atoms with van der Waals surface area (Å²) in [5.41, 5.74) is 7.90. The normalized spacial score (nSPS) is 11.6. The van der Waals surface area contributed by atoms with Crippen LogP contribution in [0.5, 0.6) is 11.5 Å². The molecule has 2 heterocycles. The number of rotatable bonds is 8. The Balaban J connectivity index is 1.47. The van der Waals surface area contributed by atoms with E-state index in [0.717, 1.165) is 35.0 Å². The van der Waals surface area contributed by atoms with Gasteiger partial charge in [-0.1, -0.05) is 12.1 Å². The van der Waals surface area contributed by atoms with Gasteiger partial charge in [-0.05, 0) is 36.2 Å². The van der Waals surface area contributed by atoms with E-state index in [4.69, 9.17) is 15.2 Å². The zero-order valence-corrected chi connectivity index (χ0v) is 15.6. The molecule has 0 aliphatic carbocycles. The molecule has 0 aliphatic heterocycles. The van der Waals surface area contributed by atoms with Crippen LogP contribution in [0.15, 0.2) is 47.6 Å². The quantitative estimate of drug-likeness (QED) is 0.461. The number of benzene rings is 1. The van der Waals surface area contributed by atoms with Crippen LogP contribution in [0.3, 0.4) is 0 Å². The van der Waals surface area contributed by atoms with Crippen molar-refractivity contribution >= 4 is 11.6 Å². The molecule has 142 valence electrons. The lowest BCUT2D eigenvalue weighted by Gasteiger charge is -2.10. The molecule has 0 radical (unpaired) electrons. The maximum absolute atomic E-state index is 5.94. The van der Waals surface area contributed by atoms with E-state index in [9.17, 15) is 0 Å². The number of hydrogen-bond donors (Lipinski definition) is 2. The van der Waals surface area contributed by atoms with Crippen LogP contribution in [0.2, 0.25) is 0 Å². The first-order valence-electron chi connectivity index (χ1n) is 8.74. The van der Waals surface area contributed by atoms with Crippen molar-refractivity contribution in [3.8, 4) is 11.5 Å². The lowest BCUT2D eigenvalue weighted by molar-refractivity contribution is 0.354. The number of pyridine rings is 1. The van der Waals surface area contributed by atoms with Crippen molar-refractivity contribution in [3.63, 3.8) is 0 Å². The van der Waals surface area contributed by atoms with Crippen LogP contribution < -0.4 is 20.5 Å². The van der Waals surface area contributed by atoms with Gasteiger partial charge in [0.1, 0.15) is 5.82 Å². The Morgan fingerprint density at radius 2 is 1.96 bits per heavy atom. The van der Waals surface area contributed by atoms with Gasteiger partial charge in [0.2, 0.25) is 0 Å². The molecule has 0 aliphatic rings. The Morgan fingerprint density at radius 3 is 2.78 bits per heavy atom. The minimum Gasteiger partial charge on any atom is -0.493 e. The SMILES string of the molecule is COc1ccc(CCNC(N)=NCCc2nnc3ccccn23)cc1OC. The Hall–Kier alpha value is -3.29. The zero-order chi connectivity index (χ0) is 19.1. The fraction of sp³-hybridized carbons (Fsp3) is 0.316. The number of ether oxygens (including phenoxy) is 2. The average molecular weight is 368 g/mol. The van der Waals surface area contributed by atoms with Crippen molar-refractivity contribution in [2.24, 2.45) is 10.7 Å². The molecule has 0 bridgehead atoms. The minimum absolute atomic E-state index is 0.421. The summed E-state index contributed by atoms with van der Waals surface area (Å²) in [5, 5.41) is 11.4. The van der Waals surface area contributed by atoms with Gasteiger partial charge in [0, 0.05) is 25.7 Å². The fourth-order valence-corrected chi connectivity index (χ4v) is 2.76. The first-order chi connectivity index (χ1) is 13.2. The number of guanidine groups is 1. The molecule has 0 saturated carbocycles. The molecule has 3 N–H and O–H groups in total. The predicted octanol–water partition coefficient (Wildman–Crippen LogP) is 1.44. The Bertz CT molecular complexity index is 921. The van der Waals surface area contributed by atoms with E-state index in [1.807, 2.05) is 47.0 Å². The second-order valence-electron chi connectivity index (χ2n) is 5.93. The topological polar surface area (TPSA) is 99.1 Å². The molecule has 0 fully saturated rings. The molecule has 0 saturated heterocycles. The van der Waals surface area contributed by atoms with Gasteiger partial charge < -0.3 is 20.5 Å². The maximum atomic E-state index is 5.94. The van der Waals surface area contributed by atoms with Crippen molar-refractivity contribution < 1.29 is 9.47 Å². The molecule has 27 heavy (non-hydrogen) atoms. The van der Waals surface area contributed by atoms with Crippen molar-refractivity contribution in [3.05, 3.63) is 54.0 Å². The third kappa shape index (κ3) is 4.66. The number of methoxy groups -OCH3 is 2. The molecule has 1 aromatic carbocycles. The maximum Gasteiger partial charge on any atom is 0.188 e. The molecule has 8 nitrogen and oxygen atoms in total. The van der Waals surface area contributed by atoms with Crippen LogP contribution in [0.25, 0.3) is 5.65 Å². The van der Waals surface area contributed by atoms with Crippen LogP contribution in [0.1, 0.15) is 11.4 Å². The van der Waals surface area contributed by atoms with Crippen LogP contribution in [0, 0.1) is 0 Å². The molecule has 0 amide bonds. The van der Waals surface area contributed by atoms with Gasteiger partial charge >= 0.3 is 0 Å². The first-order valence-corrected chi connectivity index (χ1v) is 8.74. The van der Waals surface area contributed by atoms with E-state index in [-0.39, 0.29) is 0 Å². The molecule has 2 aromatic heterocycles. The van der Waals surface area contributed by atoms with Crippen molar-refractivity contribution in [2.75, 3.05) is 27.3 Å². The molecular formula is C19H24N6O2. The van der Waals surface area contributed by atoms with E-state index < -0.39 is 0 Å². The second kappa shape index (κ2) is 8.88. The largest absolute Gasteiger partial charge is 0.493 e. The number of aromatic nitrogens is 3. The zero-order valence-electron chi connectivity index (χ0n) is 15.6. The van der Waals surface area contributed by atoms with Crippen LogP contribution >= 0.6 is 0 Å². The smallest absolute Gasteiger partial charge is 0.188 e. The lowest BCUT2D eigenvalue weighted by Crippen LogP contribution is -2.33. The van der Waals surface area contributed by atoms with E-state index in [0.29, 0.717) is 25.5 Å². The van der Waals surface area contributed by atoms with E-state index in [1.54, 1.807) is 14.2 Å². The van der Waals surface area contributed by atoms with E-state index in [2.05, 4.69) is 20.5 Å². The highest BCUT2D eigenvalue weighted by Gasteiger charge is 2.05. The summed E-state index contributed by atoms with van der Waals surface area (Å²) in [4.78, 5) is 4.36. The third-order valence-electron chi connectivity index (χ3n) is 4.17. The Kier molecular flexibility index (Phi) is 6.09. The standard InChI is InChI=1S/C19H24N6O2/c1-26-15-7-6-14(13-16(15)27-2)8-10-21-19(20)22-11-9-18-24-23-17-5-3-4-12-25(17)18/h3-7,12-13H,8-11H2,1-2H3,(H3,20,21,22). The summed E-state index contributed by atoms with van der Waals surface area (Å²) in [6.45, 7) is 1.23. The highest BCUT2D eigenvalue weighted by Crippen LogP contribution is 2.27. The van der Waals surface area contributed by atoms with Crippen LogP contribution in [-0.4, -0.2) is 47.9 Å². The summed E-state index contributed by atoms with van der Waals surface area (Å²) in [6, 6.07) is 11.7. The molecular weight excluding hydrogens is 344 g/mol. The number of hydrogen-bond acceptors (Lipinski definition) is 5. The van der Waals surface area contributed by atoms with E-state index >= 15 is 0 Å². The van der Waals surface area contributed by atoms with Gasteiger partial charge in [-0.2, -0.15) is 0 Å². The summed E-state index contributed by atoms with van der Waals surface area (Å²) < 4.78 is 12.5. The highest BCUT2D eigenvalue weighted by atomic mass is 16.5. The van der Waals surface area contributed by atoms with Crippen molar-refractivity contribution in [2.45, 2.75) is 12.8 Å². The number of nitrogens with zero attached hydrogens (tertiary/aromatic N) is 4. The van der Waals surface area contributed by atoms with Crippen molar-refractivity contribution in [1.82, 2.24) is 19.9 Å². The van der Waals surface area contributed by atoms with Gasteiger partial charge in [0.05, 0.1) is 14.2 Å². The first kappa shape index (κ1) is 18.5.